The number of alkyl halides is 2. The van der Waals surface area contributed by atoms with Crippen LogP contribution in [0.5, 0.6) is 0 Å². The van der Waals surface area contributed by atoms with Crippen LogP contribution >= 0.6 is 0 Å². The van der Waals surface area contributed by atoms with Crippen molar-refractivity contribution in [1.82, 2.24) is 4.90 Å². The van der Waals surface area contributed by atoms with Gasteiger partial charge in [0.1, 0.15) is 5.82 Å². The summed E-state index contributed by atoms with van der Waals surface area (Å²) in [6.07, 6.45) is 0.753. The Morgan fingerprint density at radius 3 is 2.27 bits per heavy atom. The molecule has 1 aliphatic rings. The SMILES string of the molecule is CN(N)c1c(N)cc(-c2cc(F)c(-c3cccc(CN4CCCCC4)c3)c(F)c2F)cc1C=O.O=C(O)C(F)F. The normalized spacial score (nSPS) is 13.5. The summed E-state index contributed by atoms with van der Waals surface area (Å²) in [5, 5.41) is 8.39. The highest BCUT2D eigenvalue weighted by Gasteiger charge is 2.23. The first-order chi connectivity index (χ1) is 18.9. The molecule has 3 aromatic carbocycles. The van der Waals surface area contributed by atoms with Gasteiger partial charge in [-0.3, -0.25) is 9.69 Å². The quantitative estimate of drug-likeness (QED) is 0.0872. The van der Waals surface area contributed by atoms with Crippen molar-refractivity contribution >= 4 is 23.6 Å². The number of hydrogen-bond acceptors (Lipinski definition) is 6. The number of carboxylic acids is 1. The minimum Gasteiger partial charge on any atom is -0.477 e. The number of rotatable bonds is 7. The molecule has 0 spiro atoms. The highest BCUT2D eigenvalue weighted by molar-refractivity contribution is 5.93. The van der Waals surface area contributed by atoms with Crippen molar-refractivity contribution in [3.05, 3.63) is 71.0 Å². The number of carboxylic acid groups (broad SMARTS) is 1. The van der Waals surface area contributed by atoms with Crippen LogP contribution in [-0.4, -0.2) is 48.8 Å². The van der Waals surface area contributed by atoms with Crippen molar-refractivity contribution in [2.45, 2.75) is 32.2 Å². The summed E-state index contributed by atoms with van der Waals surface area (Å²) in [5.41, 5.74) is 6.88. The number of anilines is 2. The molecule has 4 rings (SSSR count). The van der Waals surface area contributed by atoms with E-state index in [4.69, 9.17) is 21.5 Å². The number of hydrogen-bond donors (Lipinski definition) is 3. The van der Waals surface area contributed by atoms with Crippen LogP contribution in [0.1, 0.15) is 35.2 Å². The van der Waals surface area contributed by atoms with E-state index in [1.165, 1.54) is 25.6 Å². The van der Waals surface area contributed by atoms with E-state index in [2.05, 4.69) is 4.90 Å². The highest BCUT2D eigenvalue weighted by Crippen LogP contribution is 2.37. The topological polar surface area (TPSA) is 113 Å². The van der Waals surface area contributed by atoms with E-state index < -0.39 is 35.4 Å². The first-order valence-corrected chi connectivity index (χ1v) is 12.3. The predicted molar refractivity (Wildman–Crippen MR) is 142 cm³/mol. The molecule has 0 aromatic heterocycles. The minimum atomic E-state index is -3.23. The number of benzene rings is 3. The smallest absolute Gasteiger partial charge is 0.371 e. The predicted octanol–water partition coefficient (Wildman–Crippen LogP) is 5.46. The second-order valence-electron chi connectivity index (χ2n) is 9.32. The third-order valence-electron chi connectivity index (χ3n) is 6.38. The zero-order valence-corrected chi connectivity index (χ0v) is 21.6. The lowest BCUT2D eigenvalue weighted by Gasteiger charge is -2.26. The minimum absolute atomic E-state index is 0.0749. The molecule has 12 heteroatoms. The number of carbonyl (C=O) groups is 2. The number of halogens is 5. The molecular formula is C28H29F5N4O3. The van der Waals surface area contributed by atoms with E-state index in [0.717, 1.165) is 42.6 Å². The fourth-order valence-electron chi connectivity index (χ4n) is 4.60. The van der Waals surface area contributed by atoms with Gasteiger partial charge in [0, 0.05) is 24.7 Å². The molecule has 1 heterocycles. The van der Waals surface area contributed by atoms with Gasteiger partial charge in [-0.2, -0.15) is 8.78 Å². The van der Waals surface area contributed by atoms with Crippen LogP contribution in [-0.2, 0) is 11.3 Å². The number of nitrogen functional groups attached to an aromatic ring is 1. The summed E-state index contributed by atoms with van der Waals surface area (Å²) in [7, 11) is 1.49. The largest absolute Gasteiger partial charge is 0.477 e. The van der Waals surface area contributed by atoms with E-state index >= 15 is 13.2 Å². The second kappa shape index (κ2) is 13.4. The van der Waals surface area contributed by atoms with Crippen molar-refractivity contribution in [1.29, 1.82) is 0 Å². The monoisotopic (exact) mass is 564 g/mol. The van der Waals surface area contributed by atoms with Gasteiger partial charge >= 0.3 is 12.4 Å². The first kappa shape index (κ1) is 30.5. The van der Waals surface area contributed by atoms with E-state index in [1.54, 1.807) is 18.2 Å². The van der Waals surface area contributed by atoms with Crippen LogP contribution in [0.2, 0.25) is 0 Å². The van der Waals surface area contributed by atoms with Crippen LogP contribution in [0.4, 0.5) is 33.3 Å². The van der Waals surface area contributed by atoms with Crippen molar-refractivity contribution in [3.63, 3.8) is 0 Å². The number of aliphatic carboxylic acids is 1. The zero-order chi connectivity index (χ0) is 29.6. The Kier molecular flexibility index (Phi) is 10.2. The van der Waals surface area contributed by atoms with Crippen LogP contribution < -0.4 is 16.6 Å². The molecule has 5 N–H and O–H groups in total. The van der Waals surface area contributed by atoms with Gasteiger partial charge < -0.3 is 15.8 Å². The molecule has 0 aliphatic carbocycles. The van der Waals surface area contributed by atoms with Crippen molar-refractivity contribution in [2.75, 3.05) is 30.9 Å². The molecule has 1 fully saturated rings. The van der Waals surface area contributed by atoms with Gasteiger partial charge in [0.25, 0.3) is 0 Å². The van der Waals surface area contributed by atoms with E-state index in [1.807, 2.05) is 6.07 Å². The summed E-state index contributed by atoms with van der Waals surface area (Å²) < 4.78 is 66.7. The summed E-state index contributed by atoms with van der Waals surface area (Å²) in [5.74, 6) is 0.215. The van der Waals surface area contributed by atoms with E-state index in [9.17, 15) is 13.6 Å². The summed E-state index contributed by atoms with van der Waals surface area (Å²) >= 11 is 0. The standard InChI is InChI=1S/C26H27F3N4O.C2H2F2O2/c1-32(31)26-19(15-34)11-18(12-22(26)30)20-13-21(27)23(25(29)24(20)28)17-7-5-6-16(10-17)14-33-8-3-2-4-9-33;3-1(4)2(5)6/h5-7,10-13,15H,2-4,8-9,14,30-31H2,1H3;1H,(H,5,6). The van der Waals surface area contributed by atoms with Crippen molar-refractivity contribution in [2.24, 2.45) is 5.84 Å². The third-order valence-corrected chi connectivity index (χ3v) is 6.38. The van der Waals surface area contributed by atoms with Crippen LogP contribution in [0.15, 0.2) is 42.5 Å². The number of aldehydes is 1. The molecule has 214 valence electrons. The Balaban J connectivity index is 0.000000663. The Labute approximate surface area is 227 Å². The average molecular weight is 565 g/mol. The van der Waals surface area contributed by atoms with Gasteiger partial charge in [-0.05, 0) is 66.9 Å². The number of likely N-dealkylation sites (tertiary alicyclic amines) is 1. The second-order valence-corrected chi connectivity index (χ2v) is 9.32. The summed E-state index contributed by atoms with van der Waals surface area (Å²) in [4.78, 5) is 22.8. The van der Waals surface area contributed by atoms with Gasteiger partial charge in [-0.25, -0.2) is 23.8 Å². The summed E-state index contributed by atoms with van der Waals surface area (Å²) in [6, 6.07) is 10.5. The maximum atomic E-state index is 15.2. The molecule has 0 radical (unpaired) electrons. The molecule has 0 amide bonds. The molecule has 7 nitrogen and oxygen atoms in total. The Morgan fingerprint density at radius 2 is 1.70 bits per heavy atom. The van der Waals surface area contributed by atoms with Gasteiger partial charge in [0.05, 0.1) is 16.9 Å². The first-order valence-electron chi connectivity index (χ1n) is 12.3. The Hall–Kier alpha value is -4.03. The lowest BCUT2D eigenvalue weighted by Crippen LogP contribution is -2.29. The lowest BCUT2D eigenvalue weighted by molar-refractivity contribution is -0.149. The molecule has 3 aromatic rings. The molecule has 0 atom stereocenters. The Bertz CT molecular complexity index is 1380. The average Bonchev–Trinajstić information content (AvgIpc) is 2.91. The molecule has 0 unspecified atom stereocenters. The Morgan fingerprint density at radius 1 is 1.05 bits per heavy atom. The van der Waals surface area contributed by atoms with E-state index in [-0.39, 0.29) is 33.6 Å². The maximum absolute atomic E-state index is 15.2. The number of carbonyl (C=O) groups excluding carboxylic acids is 1. The van der Waals surface area contributed by atoms with Crippen molar-refractivity contribution < 1.29 is 36.6 Å². The summed E-state index contributed by atoms with van der Waals surface area (Å²) in [6.45, 7) is 2.65. The number of hydrazine groups is 1. The number of nitrogens with two attached hydrogens (primary N) is 2. The highest BCUT2D eigenvalue weighted by atomic mass is 19.3. The molecule has 0 saturated carbocycles. The number of piperidine rings is 1. The van der Waals surface area contributed by atoms with Gasteiger partial charge in [0.15, 0.2) is 17.9 Å². The van der Waals surface area contributed by atoms with Crippen LogP contribution in [0.3, 0.4) is 0 Å². The molecule has 1 aliphatic heterocycles. The van der Waals surface area contributed by atoms with Gasteiger partial charge in [-0.15, -0.1) is 0 Å². The molecule has 1 saturated heterocycles. The fourth-order valence-corrected chi connectivity index (χ4v) is 4.60. The van der Waals surface area contributed by atoms with Crippen LogP contribution in [0.25, 0.3) is 22.3 Å². The fraction of sp³-hybridized carbons (Fsp3) is 0.286. The molecule has 0 bridgehead atoms. The number of nitrogens with zero attached hydrogens (tertiary/aromatic N) is 2. The van der Waals surface area contributed by atoms with Crippen LogP contribution in [0, 0.1) is 17.5 Å². The van der Waals surface area contributed by atoms with Gasteiger partial charge in [0.2, 0.25) is 0 Å². The molecule has 40 heavy (non-hydrogen) atoms. The lowest BCUT2D eigenvalue weighted by atomic mass is 9.95. The third kappa shape index (κ3) is 7.13. The molecular weight excluding hydrogens is 535 g/mol. The van der Waals surface area contributed by atoms with E-state index in [0.29, 0.717) is 12.8 Å². The zero-order valence-electron chi connectivity index (χ0n) is 21.6. The maximum Gasteiger partial charge on any atom is 0.371 e. The van der Waals surface area contributed by atoms with Gasteiger partial charge in [-0.1, -0.05) is 24.6 Å². The van der Waals surface area contributed by atoms with Crippen molar-refractivity contribution in [3.8, 4) is 22.3 Å².